The van der Waals surface area contributed by atoms with Crippen LogP contribution in [0.4, 0.5) is 0 Å². The van der Waals surface area contributed by atoms with Gasteiger partial charge in [0, 0.05) is 4.88 Å². The van der Waals surface area contributed by atoms with Gasteiger partial charge in [-0.15, -0.1) is 11.3 Å². The highest BCUT2D eigenvalue weighted by atomic mass is 32.1. The number of benzene rings is 2. The number of rotatable bonds is 5. The zero-order valence-corrected chi connectivity index (χ0v) is 14.0. The Balaban J connectivity index is 1.80. The molecule has 0 bridgehead atoms. The summed E-state index contributed by atoms with van der Waals surface area (Å²) < 4.78 is 5.42. The van der Waals surface area contributed by atoms with Gasteiger partial charge in [-0.05, 0) is 41.8 Å². The van der Waals surface area contributed by atoms with E-state index in [1.807, 2.05) is 61.5 Å². The van der Waals surface area contributed by atoms with Crippen LogP contribution in [-0.2, 0) is 11.3 Å². The highest BCUT2D eigenvalue weighted by Gasteiger charge is 2.13. The van der Waals surface area contributed by atoms with Gasteiger partial charge in [-0.2, -0.15) is 0 Å². The zero-order chi connectivity index (χ0) is 16.9. The third-order valence-electron chi connectivity index (χ3n) is 3.70. The Hall–Kier alpha value is -2.72. The second-order valence-corrected chi connectivity index (χ2v) is 6.53. The molecule has 0 amide bonds. The molecule has 120 valence electrons. The molecule has 3 rings (SSSR count). The Morgan fingerprint density at radius 3 is 2.58 bits per heavy atom. The van der Waals surface area contributed by atoms with Gasteiger partial charge >= 0.3 is 5.97 Å². The van der Waals surface area contributed by atoms with Gasteiger partial charge in [0.15, 0.2) is 6.29 Å². The van der Waals surface area contributed by atoms with Crippen molar-refractivity contribution >= 4 is 23.6 Å². The van der Waals surface area contributed by atoms with Crippen LogP contribution >= 0.6 is 11.3 Å². The van der Waals surface area contributed by atoms with E-state index in [9.17, 15) is 9.59 Å². The van der Waals surface area contributed by atoms with Crippen molar-refractivity contribution in [3.63, 3.8) is 0 Å². The summed E-state index contributed by atoms with van der Waals surface area (Å²) in [5.41, 5.74) is 3.27. The average Bonchev–Trinajstić information content (AvgIpc) is 3.10. The van der Waals surface area contributed by atoms with E-state index < -0.39 is 0 Å². The molecule has 24 heavy (non-hydrogen) atoms. The molecule has 2 aromatic carbocycles. The summed E-state index contributed by atoms with van der Waals surface area (Å²) >= 11 is 1.40. The number of aldehydes is 1. The molecule has 4 heteroatoms. The van der Waals surface area contributed by atoms with Gasteiger partial charge in [0.2, 0.25) is 0 Å². The lowest BCUT2D eigenvalue weighted by atomic mass is 10.0. The Bertz CT molecular complexity index is 866. The molecular weight excluding hydrogens is 320 g/mol. The van der Waals surface area contributed by atoms with E-state index in [2.05, 4.69) is 0 Å². The van der Waals surface area contributed by atoms with Crippen molar-refractivity contribution < 1.29 is 14.3 Å². The molecule has 3 nitrogen and oxygen atoms in total. The SMILES string of the molecule is Cc1ccc(-c2ccc(C=O)s2)cc1C(=O)OCc1ccccc1. The van der Waals surface area contributed by atoms with E-state index in [0.717, 1.165) is 27.9 Å². The quantitative estimate of drug-likeness (QED) is 0.492. The maximum Gasteiger partial charge on any atom is 0.338 e. The van der Waals surface area contributed by atoms with E-state index in [4.69, 9.17) is 4.74 Å². The number of ether oxygens (including phenoxy) is 1. The second kappa shape index (κ2) is 7.23. The van der Waals surface area contributed by atoms with Crippen LogP contribution in [0.1, 0.15) is 31.2 Å². The lowest BCUT2D eigenvalue weighted by molar-refractivity contribution is 0.0472. The molecule has 0 saturated carbocycles. The minimum absolute atomic E-state index is 0.248. The fourth-order valence-electron chi connectivity index (χ4n) is 2.37. The molecule has 0 aliphatic carbocycles. The fraction of sp³-hybridized carbons (Fsp3) is 0.100. The van der Waals surface area contributed by atoms with E-state index in [-0.39, 0.29) is 12.6 Å². The van der Waals surface area contributed by atoms with Crippen molar-refractivity contribution in [2.75, 3.05) is 0 Å². The van der Waals surface area contributed by atoms with Crippen LogP contribution in [0.2, 0.25) is 0 Å². The summed E-state index contributed by atoms with van der Waals surface area (Å²) in [6.07, 6.45) is 0.831. The predicted molar refractivity (Wildman–Crippen MR) is 95.4 cm³/mol. The third-order valence-corrected chi connectivity index (χ3v) is 4.76. The lowest BCUT2D eigenvalue weighted by Crippen LogP contribution is -2.07. The first-order chi connectivity index (χ1) is 11.7. The summed E-state index contributed by atoms with van der Waals surface area (Å²) in [6, 6.07) is 18.9. The maximum atomic E-state index is 12.4. The summed E-state index contributed by atoms with van der Waals surface area (Å²) in [5.74, 6) is -0.342. The predicted octanol–water partition coefficient (Wildman–Crippen LogP) is 4.89. The van der Waals surface area contributed by atoms with Gasteiger partial charge in [0.1, 0.15) is 6.61 Å². The van der Waals surface area contributed by atoms with Crippen LogP contribution in [0, 0.1) is 6.92 Å². The molecule has 3 aromatic rings. The number of aryl methyl sites for hydroxylation is 1. The molecule has 1 aromatic heterocycles. The normalized spacial score (nSPS) is 10.4. The minimum atomic E-state index is -0.342. The molecule has 0 aliphatic heterocycles. The standard InChI is InChI=1S/C20H16O3S/c1-14-7-8-16(19-10-9-17(12-21)24-19)11-18(14)20(22)23-13-15-5-3-2-4-6-15/h2-12H,13H2,1H3. The van der Waals surface area contributed by atoms with Crippen molar-refractivity contribution in [3.8, 4) is 10.4 Å². The number of esters is 1. The van der Waals surface area contributed by atoms with Crippen molar-refractivity contribution in [1.82, 2.24) is 0 Å². The van der Waals surface area contributed by atoms with Crippen LogP contribution < -0.4 is 0 Å². The molecule has 0 radical (unpaired) electrons. The third kappa shape index (κ3) is 3.60. The molecule has 0 atom stereocenters. The van der Waals surface area contributed by atoms with Crippen LogP contribution in [0.15, 0.2) is 60.7 Å². The summed E-state index contributed by atoms with van der Waals surface area (Å²) in [5, 5.41) is 0. The topological polar surface area (TPSA) is 43.4 Å². The molecule has 1 heterocycles. The number of hydrogen-bond donors (Lipinski definition) is 0. The molecule has 0 unspecified atom stereocenters. The first kappa shape index (κ1) is 16.1. The van der Waals surface area contributed by atoms with Crippen molar-refractivity contribution in [1.29, 1.82) is 0 Å². The number of thiophene rings is 1. The van der Waals surface area contributed by atoms with Crippen LogP contribution in [0.5, 0.6) is 0 Å². The Labute approximate surface area is 144 Å². The van der Waals surface area contributed by atoms with Crippen LogP contribution in [-0.4, -0.2) is 12.3 Å². The van der Waals surface area contributed by atoms with Crippen molar-refractivity contribution in [2.45, 2.75) is 13.5 Å². The second-order valence-electron chi connectivity index (χ2n) is 5.41. The van der Waals surface area contributed by atoms with Gasteiger partial charge in [-0.3, -0.25) is 4.79 Å². The number of carbonyl (C=O) groups is 2. The highest BCUT2D eigenvalue weighted by molar-refractivity contribution is 7.17. The smallest absolute Gasteiger partial charge is 0.338 e. The van der Waals surface area contributed by atoms with Gasteiger partial charge in [0.25, 0.3) is 0 Å². The Morgan fingerprint density at radius 1 is 1.08 bits per heavy atom. The largest absolute Gasteiger partial charge is 0.457 e. The molecule has 0 aliphatic rings. The van der Waals surface area contributed by atoms with Crippen LogP contribution in [0.25, 0.3) is 10.4 Å². The fourth-order valence-corrected chi connectivity index (χ4v) is 3.19. The Morgan fingerprint density at radius 2 is 1.88 bits per heavy atom. The van der Waals surface area contributed by atoms with Crippen LogP contribution in [0.3, 0.4) is 0 Å². The average molecular weight is 336 g/mol. The van der Waals surface area contributed by atoms with Gasteiger partial charge in [-0.1, -0.05) is 42.5 Å². The Kier molecular flexibility index (Phi) is 4.87. The van der Waals surface area contributed by atoms with Crippen molar-refractivity contribution in [2.24, 2.45) is 0 Å². The molecule has 0 fully saturated rings. The summed E-state index contributed by atoms with van der Waals surface area (Å²) in [6.45, 7) is 2.13. The van der Waals surface area contributed by atoms with E-state index in [0.29, 0.717) is 10.4 Å². The van der Waals surface area contributed by atoms with E-state index in [1.54, 1.807) is 6.07 Å². The van der Waals surface area contributed by atoms with E-state index in [1.165, 1.54) is 11.3 Å². The first-order valence-corrected chi connectivity index (χ1v) is 8.36. The monoisotopic (exact) mass is 336 g/mol. The molecule has 0 saturated heterocycles. The number of hydrogen-bond acceptors (Lipinski definition) is 4. The first-order valence-electron chi connectivity index (χ1n) is 7.54. The maximum absolute atomic E-state index is 12.4. The van der Waals surface area contributed by atoms with Crippen molar-refractivity contribution in [3.05, 3.63) is 82.2 Å². The molecule has 0 N–H and O–H groups in total. The minimum Gasteiger partial charge on any atom is -0.457 e. The molecular formula is C20H16O3S. The summed E-state index contributed by atoms with van der Waals surface area (Å²) in [7, 11) is 0. The molecule has 0 spiro atoms. The summed E-state index contributed by atoms with van der Waals surface area (Å²) in [4.78, 5) is 24.9. The highest BCUT2D eigenvalue weighted by Crippen LogP contribution is 2.29. The van der Waals surface area contributed by atoms with E-state index >= 15 is 0 Å². The van der Waals surface area contributed by atoms with Gasteiger partial charge in [0.05, 0.1) is 10.4 Å². The van der Waals surface area contributed by atoms with Gasteiger partial charge in [-0.25, -0.2) is 4.79 Å². The number of carbonyl (C=O) groups excluding carboxylic acids is 2. The lowest BCUT2D eigenvalue weighted by Gasteiger charge is -2.09. The van der Waals surface area contributed by atoms with Gasteiger partial charge < -0.3 is 4.74 Å². The zero-order valence-electron chi connectivity index (χ0n) is 13.2.